The SMILES string of the molecule is CCNC(=NCc1cnn(C)c1)NCc1ccc(C)cc1OC1CCOC1. The Bertz CT molecular complexity index is 765. The molecule has 1 aromatic carbocycles. The topological polar surface area (TPSA) is 72.7 Å². The second-order valence-corrected chi connectivity index (χ2v) is 6.79. The van der Waals surface area contributed by atoms with E-state index in [0.29, 0.717) is 19.7 Å². The van der Waals surface area contributed by atoms with Gasteiger partial charge in [0.2, 0.25) is 0 Å². The summed E-state index contributed by atoms with van der Waals surface area (Å²) in [5.41, 5.74) is 3.37. The van der Waals surface area contributed by atoms with Gasteiger partial charge in [-0.25, -0.2) is 4.99 Å². The lowest BCUT2D eigenvalue weighted by Gasteiger charge is -2.18. The van der Waals surface area contributed by atoms with Crippen LogP contribution in [0.3, 0.4) is 0 Å². The lowest BCUT2D eigenvalue weighted by molar-refractivity contribution is 0.140. The molecule has 7 heteroatoms. The zero-order valence-electron chi connectivity index (χ0n) is 16.4. The highest BCUT2D eigenvalue weighted by molar-refractivity contribution is 5.79. The Morgan fingerprint density at radius 3 is 3.00 bits per heavy atom. The largest absolute Gasteiger partial charge is 0.488 e. The third kappa shape index (κ3) is 5.72. The average Bonchev–Trinajstić information content (AvgIpc) is 3.30. The maximum absolute atomic E-state index is 6.18. The first kappa shape index (κ1) is 19.2. The molecule has 146 valence electrons. The molecule has 1 saturated heterocycles. The molecule has 1 fully saturated rings. The second-order valence-electron chi connectivity index (χ2n) is 6.79. The Morgan fingerprint density at radius 1 is 1.41 bits per heavy atom. The zero-order valence-corrected chi connectivity index (χ0v) is 16.4. The molecule has 27 heavy (non-hydrogen) atoms. The van der Waals surface area contributed by atoms with E-state index in [2.05, 4.69) is 52.8 Å². The number of rotatable bonds is 7. The number of hydrogen-bond donors (Lipinski definition) is 2. The minimum atomic E-state index is 0.137. The summed E-state index contributed by atoms with van der Waals surface area (Å²) < 4.78 is 13.4. The van der Waals surface area contributed by atoms with Crippen molar-refractivity contribution in [3.8, 4) is 5.75 Å². The van der Waals surface area contributed by atoms with E-state index < -0.39 is 0 Å². The van der Waals surface area contributed by atoms with Gasteiger partial charge in [-0.1, -0.05) is 12.1 Å². The van der Waals surface area contributed by atoms with E-state index in [4.69, 9.17) is 9.47 Å². The van der Waals surface area contributed by atoms with Gasteiger partial charge in [-0.15, -0.1) is 0 Å². The number of nitrogens with zero attached hydrogens (tertiary/aromatic N) is 3. The fraction of sp³-hybridized carbons (Fsp3) is 0.500. The molecule has 1 unspecified atom stereocenters. The molecule has 0 spiro atoms. The number of ether oxygens (including phenoxy) is 2. The average molecular weight is 371 g/mol. The summed E-state index contributed by atoms with van der Waals surface area (Å²) in [5.74, 6) is 1.69. The molecule has 1 aliphatic rings. The number of aryl methyl sites for hydroxylation is 2. The van der Waals surface area contributed by atoms with E-state index in [1.165, 1.54) is 5.56 Å². The lowest BCUT2D eigenvalue weighted by atomic mass is 10.1. The van der Waals surface area contributed by atoms with Gasteiger partial charge in [0.05, 0.1) is 26.0 Å². The van der Waals surface area contributed by atoms with E-state index in [0.717, 1.165) is 42.4 Å². The summed E-state index contributed by atoms with van der Waals surface area (Å²) in [4.78, 5) is 4.64. The van der Waals surface area contributed by atoms with Crippen LogP contribution >= 0.6 is 0 Å². The van der Waals surface area contributed by atoms with Gasteiger partial charge in [0.15, 0.2) is 5.96 Å². The molecule has 2 aromatic rings. The third-order valence-electron chi connectivity index (χ3n) is 4.37. The van der Waals surface area contributed by atoms with Gasteiger partial charge < -0.3 is 20.1 Å². The molecule has 2 N–H and O–H groups in total. The minimum Gasteiger partial charge on any atom is -0.488 e. The number of benzene rings is 1. The smallest absolute Gasteiger partial charge is 0.191 e. The van der Waals surface area contributed by atoms with Crippen molar-refractivity contribution in [3.63, 3.8) is 0 Å². The van der Waals surface area contributed by atoms with Crippen molar-refractivity contribution in [1.82, 2.24) is 20.4 Å². The molecule has 1 atom stereocenters. The van der Waals surface area contributed by atoms with Crippen LogP contribution in [-0.4, -0.2) is 41.6 Å². The van der Waals surface area contributed by atoms with Gasteiger partial charge in [-0.3, -0.25) is 4.68 Å². The van der Waals surface area contributed by atoms with E-state index in [1.54, 1.807) is 4.68 Å². The van der Waals surface area contributed by atoms with Crippen molar-refractivity contribution in [2.75, 3.05) is 19.8 Å². The summed E-state index contributed by atoms with van der Waals surface area (Å²) in [6.07, 6.45) is 4.89. The predicted octanol–water partition coefficient (Wildman–Crippen LogP) is 2.15. The van der Waals surface area contributed by atoms with E-state index in [1.807, 2.05) is 19.4 Å². The molecule has 1 aromatic heterocycles. The van der Waals surface area contributed by atoms with Crippen LogP contribution in [0.4, 0.5) is 0 Å². The monoisotopic (exact) mass is 371 g/mol. The number of aromatic nitrogens is 2. The van der Waals surface area contributed by atoms with Gasteiger partial charge >= 0.3 is 0 Å². The van der Waals surface area contributed by atoms with E-state index in [-0.39, 0.29) is 6.10 Å². The van der Waals surface area contributed by atoms with Crippen molar-refractivity contribution in [2.45, 2.75) is 39.5 Å². The van der Waals surface area contributed by atoms with Crippen molar-refractivity contribution in [2.24, 2.45) is 12.0 Å². The maximum atomic E-state index is 6.18. The molecule has 0 aliphatic carbocycles. The fourth-order valence-corrected chi connectivity index (χ4v) is 2.95. The fourth-order valence-electron chi connectivity index (χ4n) is 2.95. The molecule has 3 rings (SSSR count). The molecular weight excluding hydrogens is 342 g/mol. The second kappa shape index (κ2) is 9.41. The highest BCUT2D eigenvalue weighted by Gasteiger charge is 2.18. The molecule has 2 heterocycles. The van der Waals surface area contributed by atoms with Crippen LogP contribution in [0.25, 0.3) is 0 Å². The molecule has 0 saturated carbocycles. The van der Waals surface area contributed by atoms with Crippen LogP contribution < -0.4 is 15.4 Å². The quantitative estimate of drug-likeness (QED) is 0.576. The molecular formula is C20H29N5O2. The number of guanidine groups is 1. The van der Waals surface area contributed by atoms with Crippen LogP contribution in [0, 0.1) is 6.92 Å². The standard InChI is InChI=1S/C20H29N5O2/c1-4-21-20(22-10-16-11-24-25(3)13-16)23-12-17-6-5-15(2)9-19(17)27-18-7-8-26-14-18/h5-6,9,11,13,18H,4,7-8,10,12,14H2,1-3H3,(H2,21,22,23). The molecule has 7 nitrogen and oxygen atoms in total. The van der Waals surface area contributed by atoms with Crippen molar-refractivity contribution in [1.29, 1.82) is 0 Å². The number of hydrogen-bond acceptors (Lipinski definition) is 4. The normalized spacial score (nSPS) is 17.1. The third-order valence-corrected chi connectivity index (χ3v) is 4.37. The first-order valence-corrected chi connectivity index (χ1v) is 9.47. The van der Waals surface area contributed by atoms with Crippen molar-refractivity contribution < 1.29 is 9.47 Å². The van der Waals surface area contributed by atoms with Crippen LogP contribution in [0.15, 0.2) is 35.6 Å². The Morgan fingerprint density at radius 2 is 2.30 bits per heavy atom. The summed E-state index contributed by atoms with van der Waals surface area (Å²) in [6.45, 7) is 7.60. The van der Waals surface area contributed by atoms with Crippen LogP contribution in [0.5, 0.6) is 5.75 Å². The Balaban J connectivity index is 1.65. The molecule has 0 amide bonds. The summed E-state index contributed by atoms with van der Waals surface area (Å²) >= 11 is 0. The lowest BCUT2D eigenvalue weighted by Crippen LogP contribution is -2.37. The van der Waals surface area contributed by atoms with Crippen LogP contribution in [-0.2, 0) is 24.9 Å². The first-order valence-electron chi connectivity index (χ1n) is 9.47. The molecule has 0 radical (unpaired) electrons. The maximum Gasteiger partial charge on any atom is 0.191 e. The van der Waals surface area contributed by atoms with E-state index in [9.17, 15) is 0 Å². The summed E-state index contributed by atoms with van der Waals surface area (Å²) in [5, 5.41) is 10.9. The summed E-state index contributed by atoms with van der Waals surface area (Å²) in [7, 11) is 1.91. The Kier molecular flexibility index (Phi) is 6.70. The van der Waals surface area contributed by atoms with Crippen molar-refractivity contribution >= 4 is 5.96 Å². The highest BCUT2D eigenvalue weighted by Crippen LogP contribution is 2.23. The van der Waals surface area contributed by atoms with E-state index >= 15 is 0 Å². The molecule has 0 bridgehead atoms. The first-order chi connectivity index (χ1) is 13.1. The van der Waals surface area contributed by atoms with Gasteiger partial charge in [-0.2, -0.15) is 5.10 Å². The zero-order chi connectivity index (χ0) is 19.1. The van der Waals surface area contributed by atoms with Gasteiger partial charge in [0.25, 0.3) is 0 Å². The van der Waals surface area contributed by atoms with Crippen molar-refractivity contribution in [3.05, 3.63) is 47.3 Å². The number of aliphatic imine (C=N–C) groups is 1. The Hall–Kier alpha value is -2.54. The van der Waals surface area contributed by atoms with Gasteiger partial charge in [-0.05, 0) is 25.5 Å². The minimum absolute atomic E-state index is 0.137. The van der Waals surface area contributed by atoms with Gasteiger partial charge in [0.1, 0.15) is 11.9 Å². The Labute approximate surface area is 160 Å². The number of nitrogens with one attached hydrogen (secondary N) is 2. The predicted molar refractivity (Wildman–Crippen MR) is 106 cm³/mol. The highest BCUT2D eigenvalue weighted by atomic mass is 16.5. The van der Waals surface area contributed by atoms with Crippen LogP contribution in [0.2, 0.25) is 0 Å². The molecule has 1 aliphatic heterocycles. The van der Waals surface area contributed by atoms with Crippen LogP contribution in [0.1, 0.15) is 30.0 Å². The van der Waals surface area contributed by atoms with Gasteiger partial charge in [0, 0.05) is 43.9 Å². The summed E-state index contributed by atoms with van der Waals surface area (Å²) in [6, 6.07) is 6.31.